The third-order valence-corrected chi connectivity index (χ3v) is 2.34. The predicted octanol–water partition coefficient (Wildman–Crippen LogP) is 3.22. The third-order valence-electron chi connectivity index (χ3n) is 1.38. The summed E-state index contributed by atoms with van der Waals surface area (Å²) in [6.45, 7) is 1.95. The number of rotatable bonds is 2. The lowest BCUT2D eigenvalue weighted by atomic mass is 10.3. The largest absolute Gasteiger partial charge is 0.462 e. The van der Waals surface area contributed by atoms with Gasteiger partial charge in [0.25, 0.3) is 0 Å². The summed E-state index contributed by atoms with van der Waals surface area (Å²) >= 11 is 16.9. The number of ether oxygens (including phenoxy) is 1. The number of nitrogens with zero attached hydrogens (tertiary/aromatic N) is 1. The van der Waals surface area contributed by atoms with Crippen molar-refractivity contribution < 1.29 is 9.53 Å². The first-order valence-corrected chi connectivity index (χ1v) is 4.88. The van der Waals surface area contributed by atoms with Crippen LogP contribution in [0.1, 0.15) is 17.3 Å². The van der Waals surface area contributed by atoms with E-state index in [1.54, 1.807) is 6.92 Å². The lowest BCUT2D eigenvalue weighted by Crippen LogP contribution is -2.06. The fraction of sp³-hybridized carbons (Fsp3) is 0.250. The monoisotopic (exact) mass is 253 g/mol. The normalized spacial score (nSPS) is 10.0. The smallest absolute Gasteiger partial charge is 0.341 e. The van der Waals surface area contributed by atoms with Crippen molar-refractivity contribution >= 4 is 40.8 Å². The fourth-order valence-corrected chi connectivity index (χ4v) is 1.35. The highest BCUT2D eigenvalue weighted by molar-refractivity contribution is 6.42. The van der Waals surface area contributed by atoms with E-state index in [4.69, 9.17) is 39.5 Å². The number of carbonyl (C=O) groups is 1. The van der Waals surface area contributed by atoms with Crippen molar-refractivity contribution in [3.05, 3.63) is 27.0 Å². The van der Waals surface area contributed by atoms with Crippen molar-refractivity contribution in [2.45, 2.75) is 6.92 Å². The molecule has 1 heterocycles. The molecule has 0 aliphatic carbocycles. The molecule has 0 saturated carbocycles. The van der Waals surface area contributed by atoms with E-state index in [0.29, 0.717) is 0 Å². The van der Waals surface area contributed by atoms with Gasteiger partial charge in [0, 0.05) is 0 Å². The SMILES string of the molecule is CCOC(=O)c1cc(Cl)c(Cl)nc1Cl. The highest BCUT2D eigenvalue weighted by Crippen LogP contribution is 2.25. The van der Waals surface area contributed by atoms with Crippen molar-refractivity contribution in [2.75, 3.05) is 6.61 Å². The molecule has 1 aromatic rings. The Balaban J connectivity index is 3.09. The molecule has 0 aliphatic heterocycles. The van der Waals surface area contributed by atoms with Gasteiger partial charge in [-0.05, 0) is 13.0 Å². The zero-order chi connectivity index (χ0) is 10.7. The third kappa shape index (κ3) is 2.50. The molecule has 3 nitrogen and oxygen atoms in total. The number of aromatic nitrogens is 1. The standard InChI is InChI=1S/C8H6Cl3NO2/c1-2-14-8(13)4-3-5(9)7(11)12-6(4)10/h3H,2H2,1H3. The molecule has 0 aromatic carbocycles. The van der Waals surface area contributed by atoms with Crippen LogP contribution in [0.5, 0.6) is 0 Å². The molecule has 0 spiro atoms. The van der Waals surface area contributed by atoms with Crippen molar-refractivity contribution in [3.8, 4) is 0 Å². The van der Waals surface area contributed by atoms with E-state index in [0.717, 1.165) is 0 Å². The van der Waals surface area contributed by atoms with Crippen LogP contribution in [-0.4, -0.2) is 17.6 Å². The van der Waals surface area contributed by atoms with E-state index in [1.165, 1.54) is 6.07 Å². The summed E-state index contributed by atoms with van der Waals surface area (Å²) in [5.41, 5.74) is 0.114. The molecule has 6 heteroatoms. The number of hydrogen-bond donors (Lipinski definition) is 0. The van der Waals surface area contributed by atoms with Gasteiger partial charge in [-0.1, -0.05) is 34.8 Å². The number of halogens is 3. The Morgan fingerprint density at radius 3 is 2.64 bits per heavy atom. The average Bonchev–Trinajstić information content (AvgIpc) is 2.11. The maximum Gasteiger partial charge on any atom is 0.341 e. The lowest BCUT2D eigenvalue weighted by molar-refractivity contribution is 0.0526. The van der Waals surface area contributed by atoms with Gasteiger partial charge in [0.15, 0.2) is 0 Å². The lowest BCUT2D eigenvalue weighted by Gasteiger charge is -2.04. The highest BCUT2D eigenvalue weighted by Gasteiger charge is 2.15. The second-order valence-electron chi connectivity index (χ2n) is 2.32. The first kappa shape index (κ1) is 11.6. The predicted molar refractivity (Wildman–Crippen MR) is 55.2 cm³/mol. The zero-order valence-electron chi connectivity index (χ0n) is 7.18. The minimum Gasteiger partial charge on any atom is -0.462 e. The maximum absolute atomic E-state index is 11.3. The highest BCUT2D eigenvalue weighted by atomic mass is 35.5. The van der Waals surface area contributed by atoms with Gasteiger partial charge in [-0.3, -0.25) is 0 Å². The number of pyridine rings is 1. The minimum absolute atomic E-state index is 0.0159. The van der Waals surface area contributed by atoms with E-state index in [-0.39, 0.29) is 27.5 Å². The molecule has 0 unspecified atom stereocenters. The van der Waals surface area contributed by atoms with Gasteiger partial charge in [0.1, 0.15) is 10.3 Å². The van der Waals surface area contributed by atoms with Gasteiger partial charge >= 0.3 is 5.97 Å². The first-order valence-electron chi connectivity index (χ1n) is 3.75. The van der Waals surface area contributed by atoms with Crippen LogP contribution in [0.2, 0.25) is 15.3 Å². The van der Waals surface area contributed by atoms with Crippen LogP contribution in [0.3, 0.4) is 0 Å². The summed E-state index contributed by atoms with van der Waals surface area (Å²) in [7, 11) is 0. The summed E-state index contributed by atoms with van der Waals surface area (Å²) in [4.78, 5) is 15.0. The summed E-state index contributed by atoms with van der Waals surface area (Å²) in [6, 6.07) is 1.33. The van der Waals surface area contributed by atoms with Crippen LogP contribution >= 0.6 is 34.8 Å². The number of hydrogen-bond acceptors (Lipinski definition) is 3. The van der Waals surface area contributed by atoms with Gasteiger partial charge in [0.2, 0.25) is 0 Å². The molecule has 14 heavy (non-hydrogen) atoms. The molecule has 0 bridgehead atoms. The Kier molecular flexibility index (Phi) is 3.98. The van der Waals surface area contributed by atoms with Gasteiger partial charge in [0.05, 0.1) is 17.2 Å². The molecule has 0 amide bonds. The topological polar surface area (TPSA) is 39.2 Å². The molecule has 1 aromatic heterocycles. The Bertz CT molecular complexity index is 368. The quantitative estimate of drug-likeness (QED) is 0.601. The molecule has 0 aliphatic rings. The molecular weight excluding hydrogens is 248 g/mol. The van der Waals surface area contributed by atoms with E-state index in [2.05, 4.69) is 4.98 Å². The van der Waals surface area contributed by atoms with E-state index in [9.17, 15) is 4.79 Å². The molecule has 0 N–H and O–H groups in total. The molecule has 0 atom stereocenters. The second-order valence-corrected chi connectivity index (χ2v) is 3.44. The van der Waals surface area contributed by atoms with Gasteiger partial charge in [-0.15, -0.1) is 0 Å². The molecule has 0 radical (unpaired) electrons. The number of esters is 1. The van der Waals surface area contributed by atoms with Crippen LogP contribution in [0, 0.1) is 0 Å². The van der Waals surface area contributed by atoms with Crippen LogP contribution < -0.4 is 0 Å². The Labute approximate surface area is 95.9 Å². The van der Waals surface area contributed by atoms with Gasteiger partial charge in [-0.2, -0.15) is 0 Å². The molecule has 0 saturated heterocycles. The fourth-order valence-electron chi connectivity index (χ4n) is 0.798. The number of carbonyl (C=O) groups excluding carboxylic acids is 1. The van der Waals surface area contributed by atoms with Crippen molar-refractivity contribution in [2.24, 2.45) is 0 Å². The van der Waals surface area contributed by atoms with Crippen molar-refractivity contribution in [1.29, 1.82) is 0 Å². The first-order chi connectivity index (χ1) is 6.56. The molecule has 0 fully saturated rings. The van der Waals surface area contributed by atoms with Gasteiger partial charge in [-0.25, -0.2) is 9.78 Å². The second kappa shape index (κ2) is 4.82. The minimum atomic E-state index is -0.566. The van der Waals surface area contributed by atoms with Crippen LogP contribution in [-0.2, 0) is 4.74 Å². The van der Waals surface area contributed by atoms with E-state index >= 15 is 0 Å². The Morgan fingerprint density at radius 1 is 1.43 bits per heavy atom. The zero-order valence-corrected chi connectivity index (χ0v) is 9.45. The van der Waals surface area contributed by atoms with Crippen LogP contribution in [0.25, 0.3) is 0 Å². The summed E-state index contributed by atoms with van der Waals surface area (Å²) in [5.74, 6) is -0.566. The molecular formula is C8H6Cl3NO2. The summed E-state index contributed by atoms with van der Waals surface area (Å²) in [6.07, 6.45) is 0. The average molecular weight is 254 g/mol. The van der Waals surface area contributed by atoms with Crippen LogP contribution in [0.15, 0.2) is 6.07 Å². The van der Waals surface area contributed by atoms with Crippen molar-refractivity contribution in [1.82, 2.24) is 4.98 Å². The Morgan fingerprint density at radius 2 is 2.07 bits per heavy atom. The van der Waals surface area contributed by atoms with Gasteiger partial charge < -0.3 is 4.74 Å². The molecule has 1 rings (SSSR count). The van der Waals surface area contributed by atoms with E-state index < -0.39 is 5.97 Å². The maximum atomic E-state index is 11.3. The Hall–Kier alpha value is -0.510. The molecule has 76 valence electrons. The summed E-state index contributed by atoms with van der Waals surface area (Å²) in [5, 5.41) is 0.210. The van der Waals surface area contributed by atoms with E-state index in [1.807, 2.05) is 0 Å². The summed E-state index contributed by atoms with van der Waals surface area (Å²) < 4.78 is 4.74. The van der Waals surface area contributed by atoms with Crippen molar-refractivity contribution in [3.63, 3.8) is 0 Å². The van der Waals surface area contributed by atoms with Crippen LogP contribution in [0.4, 0.5) is 0 Å².